The zero-order chi connectivity index (χ0) is 11.6. The molecule has 0 fully saturated rings. The van der Waals surface area contributed by atoms with Gasteiger partial charge in [0, 0.05) is 0 Å². The van der Waals surface area contributed by atoms with Crippen molar-refractivity contribution < 1.29 is 44.6 Å². The summed E-state index contributed by atoms with van der Waals surface area (Å²) in [5.41, 5.74) is -0.902. The first kappa shape index (κ1) is 11.3. The third kappa shape index (κ3) is 2.19. The number of carboxylic acid groups (broad SMARTS) is 1. The van der Waals surface area contributed by atoms with Crippen LogP contribution in [0, 0.1) is 0 Å². The van der Waals surface area contributed by atoms with Crippen LogP contribution in [0.15, 0.2) is 12.1 Å². The third-order valence-electron chi connectivity index (χ3n) is 1.62. The monoisotopic (exact) mass is 255 g/mol. The van der Waals surface area contributed by atoms with E-state index < -0.39 is 29.0 Å². The van der Waals surface area contributed by atoms with Crippen LogP contribution in [0.4, 0.5) is 0 Å². The second-order valence-electron chi connectivity index (χ2n) is 2.54. The zero-order valence-electron chi connectivity index (χ0n) is 7.04. The Morgan fingerprint density at radius 3 is 2.07 bits per heavy atom. The normalized spacial score (nSPS) is 9.73. The molecule has 0 atom stereocenters. The molecule has 0 heterocycles. The summed E-state index contributed by atoms with van der Waals surface area (Å²) >= 11 is 3.70. The quantitative estimate of drug-likeness (QED) is 0.523. The Balaban J connectivity index is 3.31. The van der Waals surface area contributed by atoms with Crippen LogP contribution >= 0.6 is 0 Å². The van der Waals surface area contributed by atoms with Crippen LogP contribution in [0.5, 0.6) is 11.5 Å². The molecule has 0 saturated carbocycles. The molecule has 0 saturated heterocycles. The first-order valence-electron chi connectivity index (χ1n) is 3.57. The van der Waals surface area contributed by atoms with Crippen LogP contribution in [0.25, 0.3) is 0 Å². The summed E-state index contributed by atoms with van der Waals surface area (Å²) in [7, 11) is 0. The van der Waals surface area contributed by atoms with Gasteiger partial charge in [-0.1, -0.05) is 0 Å². The predicted octanol–water partition coefficient (Wildman–Crippen LogP) is 0.415. The summed E-state index contributed by atoms with van der Waals surface area (Å²) in [5, 5.41) is 27.0. The summed E-state index contributed by atoms with van der Waals surface area (Å²) in [6.45, 7) is 0. The summed E-state index contributed by atoms with van der Waals surface area (Å²) in [6.07, 6.45) is 0. The number of aromatic hydroxyl groups is 2. The van der Waals surface area contributed by atoms with Gasteiger partial charge in [0.15, 0.2) is 0 Å². The van der Waals surface area contributed by atoms with E-state index in [2.05, 4.69) is 19.7 Å². The number of phenolic OH excluding ortho intramolecular Hbond substituents is 1. The molecule has 0 unspecified atom stereocenters. The Bertz CT molecular complexity index is 427. The molecule has 0 bridgehead atoms. The number of aromatic carboxylic acids is 1. The molecule has 1 aromatic rings. The van der Waals surface area contributed by atoms with Gasteiger partial charge in [0.1, 0.15) is 0 Å². The number of hydrogen-bond acceptors (Lipinski definition) is 5. The minimum atomic E-state index is -1.43. The summed E-state index contributed by atoms with van der Waals surface area (Å²) in [4.78, 5) is 21.5. The molecule has 83 valence electrons. The van der Waals surface area contributed by atoms with Crippen molar-refractivity contribution in [2.45, 2.75) is 0 Å². The minimum absolute atomic E-state index is 0.385. The Hall–Kier alpha value is -1.75. The van der Waals surface area contributed by atoms with Gasteiger partial charge in [0.25, 0.3) is 0 Å². The van der Waals surface area contributed by atoms with Crippen LogP contribution < -0.4 is 0 Å². The predicted molar refractivity (Wildman–Crippen MR) is 42.1 cm³/mol. The van der Waals surface area contributed by atoms with E-state index in [4.69, 9.17) is 5.11 Å². The van der Waals surface area contributed by atoms with E-state index in [1.807, 2.05) is 0 Å². The Morgan fingerprint density at radius 2 is 1.60 bits per heavy atom. The molecule has 1 rings (SSSR count). The van der Waals surface area contributed by atoms with E-state index in [1.165, 1.54) is 0 Å². The first-order chi connectivity index (χ1) is 6.97. The summed E-state index contributed by atoms with van der Waals surface area (Å²) in [6, 6.07) is 1.52. The van der Waals surface area contributed by atoms with E-state index in [-0.39, 0.29) is 5.56 Å². The molecule has 0 aliphatic carbocycles. The van der Waals surface area contributed by atoms with Gasteiger partial charge in [0.05, 0.1) is 0 Å². The molecule has 0 spiro atoms. The van der Waals surface area contributed by atoms with Gasteiger partial charge in [-0.15, -0.1) is 0 Å². The maximum absolute atomic E-state index is 10.9. The van der Waals surface area contributed by atoms with Crippen molar-refractivity contribution in [3.05, 3.63) is 23.3 Å². The second-order valence-corrected chi connectivity index (χ2v) is 2.75. The fourth-order valence-corrected chi connectivity index (χ4v) is 1.05. The second kappa shape index (κ2) is 4.19. The summed E-state index contributed by atoms with van der Waals surface area (Å²) in [5.74, 6) is -3.73. The van der Waals surface area contributed by atoms with Crippen molar-refractivity contribution in [3.63, 3.8) is 0 Å². The molecule has 3 N–H and O–H groups in total. The van der Waals surface area contributed by atoms with E-state index in [0.29, 0.717) is 0 Å². The van der Waals surface area contributed by atoms with Gasteiger partial charge in [-0.05, 0) is 0 Å². The third-order valence-corrected chi connectivity index (χ3v) is 1.81. The Labute approximate surface area is 91.8 Å². The summed E-state index contributed by atoms with van der Waals surface area (Å²) < 4.78 is 3.94. The van der Waals surface area contributed by atoms with Crippen molar-refractivity contribution in [2.24, 2.45) is 0 Å². The number of carbonyl (C=O) groups excluding carboxylic acids is 1. The van der Waals surface area contributed by atoms with Crippen molar-refractivity contribution in [3.8, 4) is 11.5 Å². The van der Waals surface area contributed by atoms with E-state index in [0.717, 1.165) is 12.1 Å². The van der Waals surface area contributed by atoms with Gasteiger partial charge in [0.2, 0.25) is 0 Å². The standard InChI is InChI=1S/C8H6O6.Ni/c9-5-1-3(7(11)12)6(10)2-4(5)8(13)14;/h1-2,9-10H,(H,11,12)(H,13,14);/q;+1/p-1. The van der Waals surface area contributed by atoms with Crippen LogP contribution in [0.3, 0.4) is 0 Å². The number of phenols is 2. The van der Waals surface area contributed by atoms with E-state index in [1.54, 1.807) is 0 Å². The van der Waals surface area contributed by atoms with E-state index in [9.17, 15) is 19.8 Å². The topological polar surface area (TPSA) is 104 Å². The van der Waals surface area contributed by atoms with Crippen molar-refractivity contribution in [2.75, 3.05) is 0 Å². The molecule has 0 aliphatic heterocycles. The van der Waals surface area contributed by atoms with Gasteiger partial charge >= 0.3 is 91.3 Å². The zero-order valence-corrected chi connectivity index (χ0v) is 8.02. The number of rotatable bonds is 2. The van der Waals surface area contributed by atoms with Crippen LogP contribution in [-0.2, 0) is 19.7 Å². The SMILES string of the molecule is O=C(O)c1cc(O)c(C(=O)[O][Ni])cc1O. The van der Waals surface area contributed by atoms with Gasteiger partial charge in [-0.2, -0.15) is 0 Å². The molecule has 15 heavy (non-hydrogen) atoms. The fraction of sp³-hybridized carbons (Fsp3) is 0. The maximum atomic E-state index is 10.9. The average molecular weight is 256 g/mol. The number of carboxylic acids is 1. The van der Waals surface area contributed by atoms with E-state index >= 15 is 0 Å². The van der Waals surface area contributed by atoms with Gasteiger partial charge in [-0.3, -0.25) is 0 Å². The molecule has 0 aliphatic rings. The Morgan fingerprint density at radius 1 is 1.13 bits per heavy atom. The van der Waals surface area contributed by atoms with Crippen LogP contribution in [0.2, 0.25) is 0 Å². The Kier molecular flexibility index (Phi) is 3.16. The van der Waals surface area contributed by atoms with Crippen LogP contribution in [0.1, 0.15) is 20.7 Å². The number of benzene rings is 1. The van der Waals surface area contributed by atoms with Gasteiger partial charge in [-0.25, -0.2) is 0 Å². The molecule has 1 aromatic carbocycles. The number of hydrogen-bond donors (Lipinski definition) is 3. The molecule has 0 radical (unpaired) electrons. The fourth-order valence-electron chi connectivity index (χ4n) is 0.946. The van der Waals surface area contributed by atoms with Crippen molar-refractivity contribution in [1.29, 1.82) is 0 Å². The molecular formula is C8H5NiO6. The molecule has 7 heteroatoms. The molecule has 0 amide bonds. The first-order valence-corrected chi connectivity index (χ1v) is 3.97. The number of carbonyl (C=O) groups is 2. The van der Waals surface area contributed by atoms with Crippen molar-refractivity contribution in [1.82, 2.24) is 0 Å². The molecule has 0 aromatic heterocycles. The molecular weight excluding hydrogens is 251 g/mol. The van der Waals surface area contributed by atoms with Crippen molar-refractivity contribution >= 4 is 11.9 Å². The average Bonchev–Trinajstić information content (AvgIpc) is 2.19. The molecule has 6 nitrogen and oxygen atoms in total. The van der Waals surface area contributed by atoms with Gasteiger partial charge < -0.3 is 0 Å². The van der Waals surface area contributed by atoms with Crippen LogP contribution in [-0.4, -0.2) is 27.3 Å².